The van der Waals surface area contributed by atoms with Crippen LogP contribution < -0.4 is 10.1 Å². The number of ether oxygens (including phenoxy) is 1. The van der Waals surface area contributed by atoms with Crippen molar-refractivity contribution in [3.05, 3.63) is 71.3 Å². The topological polar surface area (TPSA) is 58.6 Å². The normalized spacial score (nSPS) is 13.1. The molecular formula is C23H25F3N2O3. The van der Waals surface area contributed by atoms with Crippen molar-refractivity contribution in [3.63, 3.8) is 0 Å². The minimum atomic E-state index is -4.35. The molecule has 0 aliphatic heterocycles. The highest BCUT2D eigenvalue weighted by Crippen LogP contribution is 2.27. The van der Waals surface area contributed by atoms with Crippen LogP contribution in [0.15, 0.2) is 54.6 Å². The Morgan fingerprint density at radius 1 is 1.16 bits per heavy atom. The Morgan fingerprint density at radius 2 is 1.81 bits per heavy atom. The van der Waals surface area contributed by atoms with E-state index in [2.05, 4.69) is 5.32 Å². The van der Waals surface area contributed by atoms with Gasteiger partial charge in [0.15, 0.2) is 0 Å². The second kappa shape index (κ2) is 10.8. The van der Waals surface area contributed by atoms with Gasteiger partial charge in [-0.2, -0.15) is 13.2 Å². The van der Waals surface area contributed by atoms with Crippen molar-refractivity contribution in [1.29, 1.82) is 0 Å². The molecule has 1 unspecified atom stereocenters. The second-order valence-electron chi connectivity index (χ2n) is 7.13. The van der Waals surface area contributed by atoms with Crippen LogP contribution in [0.25, 0.3) is 5.57 Å². The molecule has 0 saturated heterocycles. The standard InChI is InChI=1S/C23H25F3N2O3/c1-16(12-22(30)27-2)17-8-10-19(11-9-17)31-21(13-28(3)15-23(24,25)26)20-7-5-4-6-18(20)14-29/h4-12,14,21H,13,15H2,1-3H3,(H,27,30)/b16-12+. The number of allylic oxidation sites excluding steroid dienone is 1. The summed E-state index contributed by atoms with van der Waals surface area (Å²) in [5, 5.41) is 2.51. The highest BCUT2D eigenvalue weighted by atomic mass is 19.4. The predicted octanol–water partition coefficient (Wildman–Crippen LogP) is 4.26. The number of amides is 1. The fourth-order valence-corrected chi connectivity index (χ4v) is 3.08. The van der Waals surface area contributed by atoms with Crippen molar-refractivity contribution in [3.8, 4) is 5.75 Å². The number of hydrogen-bond acceptors (Lipinski definition) is 4. The van der Waals surface area contributed by atoms with Gasteiger partial charge in [-0.15, -0.1) is 0 Å². The summed E-state index contributed by atoms with van der Waals surface area (Å²) in [7, 11) is 2.89. The Hall–Kier alpha value is -3.13. The number of halogens is 3. The van der Waals surface area contributed by atoms with E-state index in [1.165, 1.54) is 20.2 Å². The van der Waals surface area contributed by atoms with Gasteiger partial charge in [0.1, 0.15) is 18.1 Å². The number of hydrogen-bond donors (Lipinski definition) is 1. The van der Waals surface area contributed by atoms with Gasteiger partial charge in [0.05, 0.1) is 6.54 Å². The zero-order chi connectivity index (χ0) is 23.0. The molecule has 0 spiro atoms. The summed E-state index contributed by atoms with van der Waals surface area (Å²) in [4.78, 5) is 24.1. The summed E-state index contributed by atoms with van der Waals surface area (Å²) >= 11 is 0. The molecule has 0 aliphatic rings. The minimum Gasteiger partial charge on any atom is -0.484 e. The summed E-state index contributed by atoms with van der Waals surface area (Å²) < 4.78 is 44.4. The fraction of sp³-hybridized carbons (Fsp3) is 0.304. The van der Waals surface area contributed by atoms with Gasteiger partial charge in [0, 0.05) is 30.8 Å². The number of carbonyl (C=O) groups excluding carboxylic acids is 2. The number of nitrogens with one attached hydrogen (secondary N) is 1. The van der Waals surface area contributed by atoms with Crippen LogP contribution >= 0.6 is 0 Å². The van der Waals surface area contributed by atoms with Crippen LogP contribution in [-0.2, 0) is 4.79 Å². The molecule has 0 heterocycles. The maximum Gasteiger partial charge on any atom is 0.401 e. The third kappa shape index (κ3) is 7.57. The van der Waals surface area contributed by atoms with Crippen LogP contribution in [0.2, 0.25) is 0 Å². The van der Waals surface area contributed by atoms with Gasteiger partial charge in [-0.25, -0.2) is 0 Å². The largest absolute Gasteiger partial charge is 0.484 e. The summed E-state index contributed by atoms with van der Waals surface area (Å²) in [6.07, 6.45) is -3.02. The molecule has 2 aromatic rings. The molecule has 5 nitrogen and oxygen atoms in total. The van der Waals surface area contributed by atoms with Crippen molar-refractivity contribution in [2.24, 2.45) is 0 Å². The van der Waals surface area contributed by atoms with Gasteiger partial charge in [0.25, 0.3) is 0 Å². The van der Waals surface area contributed by atoms with E-state index in [0.29, 0.717) is 23.2 Å². The Balaban J connectivity index is 2.27. The number of likely N-dealkylation sites (N-methyl/N-ethyl adjacent to an activating group) is 2. The molecule has 1 atom stereocenters. The maximum absolute atomic E-state index is 12.8. The lowest BCUT2D eigenvalue weighted by molar-refractivity contribution is -0.145. The van der Waals surface area contributed by atoms with E-state index in [0.717, 1.165) is 16.0 Å². The lowest BCUT2D eigenvalue weighted by Crippen LogP contribution is -2.35. The van der Waals surface area contributed by atoms with E-state index >= 15 is 0 Å². The van der Waals surface area contributed by atoms with Crippen molar-refractivity contribution >= 4 is 17.8 Å². The highest BCUT2D eigenvalue weighted by Gasteiger charge is 2.31. The zero-order valence-electron chi connectivity index (χ0n) is 17.6. The molecule has 0 saturated carbocycles. The monoisotopic (exact) mass is 434 g/mol. The van der Waals surface area contributed by atoms with Gasteiger partial charge in [-0.05, 0) is 37.2 Å². The lowest BCUT2D eigenvalue weighted by atomic mass is 10.0. The number of aldehydes is 1. The van der Waals surface area contributed by atoms with E-state index < -0.39 is 18.8 Å². The summed E-state index contributed by atoms with van der Waals surface area (Å²) in [5.41, 5.74) is 2.41. The van der Waals surface area contributed by atoms with Crippen LogP contribution in [0, 0.1) is 0 Å². The maximum atomic E-state index is 12.8. The molecule has 2 rings (SSSR count). The number of benzene rings is 2. The van der Waals surface area contributed by atoms with Crippen LogP contribution in [0.4, 0.5) is 13.2 Å². The van der Waals surface area contributed by atoms with E-state index in [1.807, 2.05) is 0 Å². The number of nitrogens with zero attached hydrogens (tertiary/aromatic N) is 1. The first-order valence-electron chi connectivity index (χ1n) is 9.59. The van der Waals surface area contributed by atoms with Crippen LogP contribution in [0.5, 0.6) is 5.75 Å². The summed E-state index contributed by atoms with van der Waals surface area (Å²) in [6.45, 7) is 0.626. The Bertz CT molecular complexity index is 924. The fourth-order valence-electron chi connectivity index (χ4n) is 3.08. The smallest absolute Gasteiger partial charge is 0.401 e. The summed E-state index contributed by atoms with van der Waals surface area (Å²) in [6, 6.07) is 13.5. The van der Waals surface area contributed by atoms with Gasteiger partial charge >= 0.3 is 6.18 Å². The molecule has 31 heavy (non-hydrogen) atoms. The molecule has 0 aromatic heterocycles. The van der Waals surface area contributed by atoms with Gasteiger partial charge in [0.2, 0.25) is 5.91 Å². The molecule has 1 N–H and O–H groups in total. The Labute approximate surface area is 179 Å². The predicted molar refractivity (Wildman–Crippen MR) is 113 cm³/mol. The molecular weight excluding hydrogens is 409 g/mol. The van der Waals surface area contributed by atoms with Crippen molar-refractivity contribution in [2.45, 2.75) is 19.2 Å². The minimum absolute atomic E-state index is 0.0677. The third-order valence-corrected chi connectivity index (χ3v) is 4.58. The first-order valence-corrected chi connectivity index (χ1v) is 9.59. The first-order chi connectivity index (χ1) is 14.6. The molecule has 1 amide bonds. The zero-order valence-corrected chi connectivity index (χ0v) is 17.6. The molecule has 0 bridgehead atoms. The number of alkyl halides is 3. The van der Waals surface area contributed by atoms with Gasteiger partial charge < -0.3 is 10.1 Å². The van der Waals surface area contributed by atoms with Crippen molar-refractivity contribution in [1.82, 2.24) is 10.2 Å². The Kier molecular flexibility index (Phi) is 8.38. The lowest BCUT2D eigenvalue weighted by Gasteiger charge is -2.27. The molecule has 0 fully saturated rings. The summed E-state index contributed by atoms with van der Waals surface area (Å²) in [5.74, 6) is 0.207. The van der Waals surface area contributed by atoms with Crippen molar-refractivity contribution in [2.75, 3.05) is 27.2 Å². The van der Waals surface area contributed by atoms with E-state index in [1.54, 1.807) is 55.5 Å². The molecule has 0 aliphatic carbocycles. The molecule has 0 radical (unpaired) electrons. The van der Waals surface area contributed by atoms with Crippen LogP contribution in [0.3, 0.4) is 0 Å². The SMILES string of the molecule is CNC(=O)/C=C(\C)c1ccc(OC(CN(C)CC(F)(F)F)c2ccccc2C=O)cc1. The van der Waals surface area contributed by atoms with Crippen LogP contribution in [0.1, 0.15) is 34.5 Å². The second-order valence-corrected chi connectivity index (χ2v) is 7.13. The number of carbonyl (C=O) groups is 2. The molecule has 2 aromatic carbocycles. The third-order valence-electron chi connectivity index (χ3n) is 4.58. The molecule has 8 heteroatoms. The quantitative estimate of drug-likeness (QED) is 0.473. The van der Waals surface area contributed by atoms with Crippen LogP contribution in [-0.4, -0.2) is 50.5 Å². The van der Waals surface area contributed by atoms with Crippen molar-refractivity contribution < 1.29 is 27.5 Å². The average Bonchev–Trinajstić information content (AvgIpc) is 2.72. The van der Waals surface area contributed by atoms with E-state index in [-0.39, 0.29) is 12.5 Å². The van der Waals surface area contributed by atoms with Gasteiger partial charge in [-0.3, -0.25) is 14.5 Å². The highest BCUT2D eigenvalue weighted by molar-refractivity contribution is 5.94. The van der Waals surface area contributed by atoms with Gasteiger partial charge in [-0.1, -0.05) is 36.4 Å². The number of rotatable bonds is 9. The average molecular weight is 434 g/mol. The molecule has 166 valence electrons. The Morgan fingerprint density at radius 3 is 2.39 bits per heavy atom. The first kappa shape index (κ1) is 24.1. The van der Waals surface area contributed by atoms with E-state index in [4.69, 9.17) is 4.74 Å². The van der Waals surface area contributed by atoms with E-state index in [9.17, 15) is 22.8 Å².